The minimum Gasteiger partial charge on any atom is -0.494 e. The molecule has 1 unspecified atom stereocenters. The van der Waals surface area contributed by atoms with Gasteiger partial charge in [0.2, 0.25) is 11.8 Å². The molecule has 41 heavy (non-hydrogen) atoms. The van der Waals surface area contributed by atoms with Crippen LogP contribution in [0.15, 0.2) is 60.7 Å². The van der Waals surface area contributed by atoms with E-state index in [1.54, 1.807) is 39.5 Å². The Balaban J connectivity index is 1.84. The highest BCUT2D eigenvalue weighted by Gasteiger charge is 2.28. The molecule has 0 aliphatic heterocycles. The molecule has 0 aliphatic rings. The Morgan fingerprint density at radius 2 is 1.59 bits per heavy atom. The molecule has 2 heterocycles. The van der Waals surface area contributed by atoms with E-state index in [4.69, 9.17) is 25.8 Å². The van der Waals surface area contributed by atoms with Crippen molar-refractivity contribution in [3.8, 4) is 34.6 Å². The van der Waals surface area contributed by atoms with Gasteiger partial charge in [-0.05, 0) is 72.4 Å². The third kappa shape index (κ3) is 7.59. The number of anilines is 1. The molecule has 1 atom stereocenters. The van der Waals surface area contributed by atoms with E-state index in [2.05, 4.69) is 38.3 Å². The number of hydrogen-bond donors (Lipinski definition) is 1. The summed E-state index contributed by atoms with van der Waals surface area (Å²) in [6.07, 6.45) is 6.12. The number of ether oxygens (including phenoxy) is 3. The first-order valence-corrected chi connectivity index (χ1v) is 17.2. The molecular weight excluding hydrogens is 582 g/mol. The molecule has 1 N–H and O–H groups in total. The van der Waals surface area contributed by atoms with Crippen molar-refractivity contribution in [3.63, 3.8) is 0 Å². The van der Waals surface area contributed by atoms with E-state index < -0.39 is 16.1 Å². The number of aromatic nitrogens is 4. The number of pyridine rings is 1. The van der Waals surface area contributed by atoms with E-state index in [-0.39, 0.29) is 0 Å². The summed E-state index contributed by atoms with van der Waals surface area (Å²) in [7, 11) is 3.96. The Kier molecular flexibility index (Phi) is 10.3. The van der Waals surface area contributed by atoms with Gasteiger partial charge in [0.25, 0.3) is 0 Å². The second-order valence-corrected chi connectivity index (χ2v) is 16.1. The van der Waals surface area contributed by atoms with Crippen molar-refractivity contribution in [2.45, 2.75) is 6.10 Å². The van der Waals surface area contributed by atoms with Gasteiger partial charge in [0.05, 0.1) is 27.4 Å². The van der Waals surface area contributed by atoms with Crippen molar-refractivity contribution in [3.05, 3.63) is 71.2 Å². The Morgan fingerprint density at radius 3 is 2.20 bits per heavy atom. The quantitative estimate of drug-likeness (QED) is 0.184. The minimum absolute atomic E-state index is 0.393. The first-order valence-electron chi connectivity index (χ1n) is 12.8. The molecule has 0 amide bonds. The lowest BCUT2D eigenvalue weighted by Gasteiger charge is -2.31. The smallest absolute Gasteiger partial charge is 0.242 e. The van der Waals surface area contributed by atoms with Crippen LogP contribution in [0.3, 0.4) is 0 Å². The third-order valence-corrected chi connectivity index (χ3v) is 8.99. The Labute approximate surface area is 252 Å². The highest BCUT2D eigenvalue weighted by Crippen LogP contribution is 2.41. The zero-order chi connectivity index (χ0) is 29.6. The number of hydrogen-bond acceptors (Lipinski definition) is 9. The summed E-state index contributed by atoms with van der Waals surface area (Å²) in [5.41, 5.74) is 2.00. The monoisotopic (exact) mass is 617 g/mol. The molecule has 0 fully saturated rings. The summed E-state index contributed by atoms with van der Waals surface area (Å²) >= 11 is 7.55. The van der Waals surface area contributed by atoms with Gasteiger partial charge >= 0.3 is 0 Å². The van der Waals surface area contributed by atoms with Crippen molar-refractivity contribution >= 4 is 39.5 Å². The summed E-state index contributed by atoms with van der Waals surface area (Å²) < 4.78 is 21.0. The molecule has 0 spiro atoms. The van der Waals surface area contributed by atoms with E-state index >= 15 is 0 Å². The Morgan fingerprint density at radius 1 is 0.927 bits per heavy atom. The van der Waals surface area contributed by atoms with E-state index in [1.807, 2.05) is 47.0 Å². The van der Waals surface area contributed by atoms with E-state index in [1.165, 1.54) is 11.9 Å². The van der Waals surface area contributed by atoms with Crippen LogP contribution in [-0.2, 0) is 0 Å². The van der Waals surface area contributed by atoms with Crippen LogP contribution in [0, 0.1) is 0 Å². The molecule has 0 bridgehead atoms. The van der Waals surface area contributed by atoms with Gasteiger partial charge in [0.15, 0.2) is 5.82 Å². The van der Waals surface area contributed by atoms with Crippen LogP contribution in [-0.4, -0.2) is 83.0 Å². The van der Waals surface area contributed by atoms with Gasteiger partial charge in [-0.25, -0.2) is 15.0 Å². The Hall–Kier alpha value is -3.12. The number of para-hydroxylation sites is 1. The lowest BCUT2D eigenvalue weighted by molar-refractivity contribution is 0.204. The summed E-state index contributed by atoms with van der Waals surface area (Å²) in [5, 5.41) is 20.9. The summed E-state index contributed by atoms with van der Waals surface area (Å²) in [5.74, 6) is 4.02. The van der Waals surface area contributed by atoms with Crippen molar-refractivity contribution in [2.75, 3.05) is 62.5 Å². The van der Waals surface area contributed by atoms with E-state index in [0.717, 1.165) is 11.3 Å². The zero-order valence-electron chi connectivity index (χ0n) is 24.1. The van der Waals surface area contributed by atoms with Crippen molar-refractivity contribution in [1.82, 2.24) is 19.7 Å². The van der Waals surface area contributed by atoms with Gasteiger partial charge in [0, 0.05) is 23.4 Å². The molecule has 9 nitrogen and oxygen atoms in total. The fraction of sp³-hybridized carbons (Fsp3) is 0.345. The average molecular weight is 618 g/mol. The van der Waals surface area contributed by atoms with E-state index in [0.29, 0.717) is 57.9 Å². The number of aliphatic hydroxyl groups is 1. The second kappa shape index (κ2) is 13.7. The summed E-state index contributed by atoms with van der Waals surface area (Å²) in [6, 6.07) is 18.3. The fourth-order valence-corrected chi connectivity index (χ4v) is 5.97. The predicted octanol–water partition coefficient (Wildman–Crippen LogP) is 5.89. The summed E-state index contributed by atoms with van der Waals surface area (Å²) in [6.45, 7) is 0.679. The SMILES string of the molecule is COc1cccc(-c2nnc(N(CCS(C)(C)C)SCC(O)c3ccc(Cl)cc3)n2-c2c(OC)cccc2OC)n1. The van der Waals surface area contributed by atoms with Crippen LogP contribution in [0.5, 0.6) is 17.4 Å². The third-order valence-electron chi connectivity index (χ3n) is 6.21. The lowest BCUT2D eigenvalue weighted by atomic mass is 10.1. The zero-order valence-corrected chi connectivity index (χ0v) is 26.5. The molecule has 12 heteroatoms. The number of methoxy groups -OCH3 is 3. The molecule has 0 saturated carbocycles. The second-order valence-electron chi connectivity index (χ2n) is 10.00. The average Bonchev–Trinajstić information content (AvgIpc) is 3.40. The molecule has 4 rings (SSSR count). The van der Waals surface area contributed by atoms with Crippen LogP contribution < -0.4 is 18.5 Å². The predicted molar refractivity (Wildman–Crippen MR) is 171 cm³/mol. The van der Waals surface area contributed by atoms with Crippen LogP contribution in [0.1, 0.15) is 11.7 Å². The van der Waals surface area contributed by atoms with Crippen molar-refractivity contribution in [1.29, 1.82) is 0 Å². The molecule has 2 aromatic heterocycles. The normalized spacial score (nSPS) is 12.6. The Bertz CT molecular complexity index is 1420. The highest BCUT2D eigenvalue weighted by molar-refractivity contribution is 8.32. The van der Waals surface area contributed by atoms with Gasteiger partial charge < -0.3 is 19.3 Å². The van der Waals surface area contributed by atoms with Crippen LogP contribution in [0.2, 0.25) is 5.02 Å². The fourth-order valence-electron chi connectivity index (χ4n) is 4.04. The maximum Gasteiger partial charge on any atom is 0.242 e. The lowest BCUT2D eigenvalue weighted by Crippen LogP contribution is -2.26. The minimum atomic E-state index is -0.848. The van der Waals surface area contributed by atoms with Crippen molar-refractivity contribution in [2.24, 2.45) is 0 Å². The summed E-state index contributed by atoms with van der Waals surface area (Å²) in [4.78, 5) is 4.64. The maximum absolute atomic E-state index is 11.0. The number of benzene rings is 2. The van der Waals surface area contributed by atoms with Crippen LogP contribution in [0.4, 0.5) is 5.95 Å². The molecular formula is C29H36ClN5O4S2. The molecule has 2 aromatic carbocycles. The van der Waals surface area contributed by atoms with Crippen LogP contribution >= 0.6 is 33.6 Å². The van der Waals surface area contributed by atoms with Crippen molar-refractivity contribution < 1.29 is 19.3 Å². The maximum atomic E-state index is 11.0. The molecule has 0 aliphatic carbocycles. The largest absolute Gasteiger partial charge is 0.494 e. The molecule has 0 radical (unpaired) electrons. The van der Waals surface area contributed by atoms with Gasteiger partial charge in [-0.15, -0.1) is 10.2 Å². The topological polar surface area (TPSA) is 94.8 Å². The van der Waals surface area contributed by atoms with Crippen LogP contribution in [0.25, 0.3) is 17.2 Å². The highest BCUT2D eigenvalue weighted by atomic mass is 35.5. The standard InChI is InChI=1S/C29H36ClN5O4S2/c1-37-24-10-8-11-25(38-2)27(24)35-28(22-9-7-12-26(31-22)39-3)32-33-29(35)34(17-18-41(4,5)6)40-19-23(36)20-13-15-21(30)16-14-20/h7-16,23,36H,17-19H2,1-6H3. The van der Waals surface area contributed by atoms with E-state index in [9.17, 15) is 5.11 Å². The number of rotatable bonds is 13. The number of nitrogens with zero attached hydrogens (tertiary/aromatic N) is 5. The van der Waals surface area contributed by atoms with Gasteiger partial charge in [-0.2, -0.15) is 0 Å². The van der Waals surface area contributed by atoms with Gasteiger partial charge in [0.1, 0.15) is 22.9 Å². The van der Waals surface area contributed by atoms with Gasteiger partial charge in [-0.1, -0.05) is 35.9 Å². The molecule has 220 valence electrons. The molecule has 0 saturated heterocycles. The number of aliphatic hydroxyl groups excluding tert-OH is 1. The number of halogens is 1. The van der Waals surface area contributed by atoms with Gasteiger partial charge in [-0.3, -0.25) is 8.87 Å². The first-order chi connectivity index (χ1) is 19.6. The first kappa shape index (κ1) is 30.8. The molecule has 4 aromatic rings.